The van der Waals surface area contributed by atoms with E-state index in [1.807, 2.05) is 0 Å². The number of hydrogen-bond acceptors (Lipinski definition) is 8. The van der Waals surface area contributed by atoms with Gasteiger partial charge in [0.15, 0.2) is 28.2 Å². The number of ether oxygens (including phenoxy) is 5. The van der Waals surface area contributed by atoms with E-state index in [2.05, 4.69) is 15.6 Å². The van der Waals surface area contributed by atoms with Gasteiger partial charge in [-0.2, -0.15) is 0 Å². The van der Waals surface area contributed by atoms with E-state index >= 15 is 0 Å². The van der Waals surface area contributed by atoms with Crippen molar-refractivity contribution in [2.75, 3.05) is 33.8 Å². The van der Waals surface area contributed by atoms with Crippen LogP contribution in [-0.2, 0) is 0 Å². The minimum absolute atomic E-state index is 0.0178. The van der Waals surface area contributed by atoms with Crippen LogP contribution in [0.15, 0.2) is 60.8 Å². The highest BCUT2D eigenvalue weighted by atomic mass is 32.1. The van der Waals surface area contributed by atoms with Gasteiger partial charge in [0, 0.05) is 35.5 Å². The number of benzene rings is 3. The van der Waals surface area contributed by atoms with E-state index in [1.165, 1.54) is 40.6 Å². The number of methoxy groups -OCH3 is 4. The number of thiocarbonyl (C=S) groups is 1. The van der Waals surface area contributed by atoms with Crippen molar-refractivity contribution in [2.45, 2.75) is 0 Å². The van der Waals surface area contributed by atoms with Crippen LogP contribution < -0.4 is 34.3 Å². The number of carbonyl (C=O) groups excluding carboxylic acids is 1. The van der Waals surface area contributed by atoms with Crippen molar-refractivity contribution in [2.24, 2.45) is 0 Å². The molecule has 38 heavy (non-hydrogen) atoms. The molecule has 2 N–H and O–H groups in total. The van der Waals surface area contributed by atoms with Crippen molar-refractivity contribution >= 4 is 39.8 Å². The SMILES string of the molecule is COc1ccc(C(=O)NC(=S)Nc2ccc(Oc3ccnc4cc(OC)c(OC)cc34)c(F)c2)c(OC)c1. The van der Waals surface area contributed by atoms with Gasteiger partial charge in [0.2, 0.25) is 0 Å². The summed E-state index contributed by atoms with van der Waals surface area (Å²) >= 11 is 5.23. The maximum absolute atomic E-state index is 15.0. The number of anilines is 1. The monoisotopic (exact) mass is 537 g/mol. The Kier molecular flexibility index (Phi) is 8.07. The third-order valence-electron chi connectivity index (χ3n) is 5.50. The molecule has 0 aliphatic carbocycles. The summed E-state index contributed by atoms with van der Waals surface area (Å²) in [5.74, 6) is 1.07. The first-order chi connectivity index (χ1) is 18.4. The fourth-order valence-electron chi connectivity index (χ4n) is 3.64. The lowest BCUT2D eigenvalue weighted by molar-refractivity contribution is 0.0974. The Morgan fingerprint density at radius 1 is 0.816 bits per heavy atom. The molecule has 9 nitrogen and oxygen atoms in total. The highest BCUT2D eigenvalue weighted by Crippen LogP contribution is 2.37. The van der Waals surface area contributed by atoms with Crippen molar-refractivity contribution in [1.82, 2.24) is 10.3 Å². The average molecular weight is 538 g/mol. The van der Waals surface area contributed by atoms with E-state index in [0.717, 1.165) is 0 Å². The Morgan fingerprint density at radius 3 is 2.24 bits per heavy atom. The number of fused-ring (bicyclic) bond motifs is 1. The minimum Gasteiger partial charge on any atom is -0.497 e. The first-order valence-corrected chi connectivity index (χ1v) is 11.6. The van der Waals surface area contributed by atoms with E-state index in [4.69, 9.17) is 35.9 Å². The molecule has 0 fully saturated rings. The molecule has 3 aromatic carbocycles. The summed E-state index contributed by atoms with van der Waals surface area (Å²) in [4.78, 5) is 17.0. The van der Waals surface area contributed by atoms with Crippen LogP contribution in [0.2, 0.25) is 0 Å². The molecule has 0 radical (unpaired) electrons. The van der Waals surface area contributed by atoms with Gasteiger partial charge in [0.1, 0.15) is 17.2 Å². The number of hydrogen-bond donors (Lipinski definition) is 2. The van der Waals surface area contributed by atoms with Crippen LogP contribution in [0.1, 0.15) is 10.4 Å². The molecule has 1 heterocycles. The van der Waals surface area contributed by atoms with Crippen LogP contribution in [0, 0.1) is 5.82 Å². The zero-order chi connectivity index (χ0) is 27.2. The van der Waals surface area contributed by atoms with Crippen molar-refractivity contribution in [3.63, 3.8) is 0 Å². The van der Waals surface area contributed by atoms with E-state index in [1.54, 1.807) is 48.7 Å². The second-order valence-corrected chi connectivity index (χ2v) is 8.16. The number of carbonyl (C=O) groups is 1. The molecule has 196 valence electrons. The molecule has 0 saturated heterocycles. The highest BCUT2D eigenvalue weighted by molar-refractivity contribution is 7.80. The summed E-state index contributed by atoms with van der Waals surface area (Å²) in [6.45, 7) is 0. The van der Waals surface area contributed by atoms with Crippen LogP contribution in [0.3, 0.4) is 0 Å². The second kappa shape index (κ2) is 11.6. The lowest BCUT2D eigenvalue weighted by atomic mass is 10.1. The zero-order valence-electron chi connectivity index (χ0n) is 21.0. The number of pyridine rings is 1. The second-order valence-electron chi connectivity index (χ2n) is 7.76. The highest BCUT2D eigenvalue weighted by Gasteiger charge is 2.16. The number of aromatic nitrogens is 1. The first-order valence-electron chi connectivity index (χ1n) is 11.2. The summed E-state index contributed by atoms with van der Waals surface area (Å²) in [5, 5.41) is 5.93. The predicted octanol–water partition coefficient (Wildman–Crippen LogP) is 5.33. The van der Waals surface area contributed by atoms with Gasteiger partial charge in [0.25, 0.3) is 5.91 Å². The molecule has 0 unspecified atom stereocenters. The van der Waals surface area contributed by atoms with Gasteiger partial charge in [-0.15, -0.1) is 0 Å². The normalized spacial score (nSPS) is 10.4. The fourth-order valence-corrected chi connectivity index (χ4v) is 3.85. The number of rotatable bonds is 8. The maximum Gasteiger partial charge on any atom is 0.261 e. The first kappa shape index (κ1) is 26.4. The van der Waals surface area contributed by atoms with Crippen molar-refractivity contribution in [3.8, 4) is 34.5 Å². The Morgan fingerprint density at radius 2 is 1.55 bits per heavy atom. The average Bonchev–Trinajstić information content (AvgIpc) is 2.93. The van der Waals surface area contributed by atoms with Crippen molar-refractivity contribution < 1.29 is 32.9 Å². The molecular weight excluding hydrogens is 513 g/mol. The smallest absolute Gasteiger partial charge is 0.261 e. The molecule has 1 amide bonds. The summed E-state index contributed by atoms with van der Waals surface area (Å²) in [5.41, 5.74) is 1.16. The third kappa shape index (κ3) is 5.68. The Labute approximate surface area is 223 Å². The van der Waals surface area contributed by atoms with Gasteiger partial charge in [-0.05, 0) is 48.6 Å². The summed E-state index contributed by atoms with van der Waals surface area (Å²) < 4.78 is 41.9. The van der Waals surface area contributed by atoms with Gasteiger partial charge in [-0.3, -0.25) is 15.1 Å². The molecule has 0 aliphatic heterocycles. The lowest BCUT2D eigenvalue weighted by Crippen LogP contribution is -2.34. The standard InChI is InChI=1S/C27H24FN3O6S/c1-33-16-6-7-17(23(12-16)34-2)26(32)31-27(38)30-15-5-8-22(19(28)11-15)37-21-9-10-29-20-14-25(36-4)24(35-3)13-18(20)21/h5-14H,1-4H3,(H2,30,31,32,38). The Hall–Kier alpha value is -4.64. The predicted molar refractivity (Wildman–Crippen MR) is 145 cm³/mol. The van der Waals surface area contributed by atoms with Crippen molar-refractivity contribution in [1.29, 1.82) is 0 Å². The van der Waals surface area contributed by atoms with Gasteiger partial charge >= 0.3 is 0 Å². The third-order valence-corrected chi connectivity index (χ3v) is 5.70. The van der Waals surface area contributed by atoms with Gasteiger partial charge in [0.05, 0.1) is 39.5 Å². The van der Waals surface area contributed by atoms with E-state index < -0.39 is 11.7 Å². The summed E-state index contributed by atoms with van der Waals surface area (Å²) in [6.07, 6.45) is 1.55. The zero-order valence-corrected chi connectivity index (χ0v) is 21.8. The van der Waals surface area contributed by atoms with E-state index in [9.17, 15) is 9.18 Å². The fraction of sp³-hybridized carbons (Fsp3) is 0.148. The quantitative estimate of drug-likeness (QED) is 0.289. The molecule has 0 aliphatic rings. The number of halogens is 1. The number of nitrogens with zero attached hydrogens (tertiary/aromatic N) is 1. The number of amides is 1. The molecule has 0 saturated carbocycles. The topological polar surface area (TPSA) is 100 Å². The minimum atomic E-state index is -0.647. The molecule has 0 atom stereocenters. The van der Waals surface area contributed by atoms with Gasteiger partial charge in [-0.1, -0.05) is 0 Å². The Balaban J connectivity index is 1.48. The summed E-state index contributed by atoms with van der Waals surface area (Å²) in [6, 6.07) is 14.0. The van der Waals surface area contributed by atoms with Crippen LogP contribution in [0.4, 0.5) is 10.1 Å². The van der Waals surface area contributed by atoms with Crippen LogP contribution in [0.5, 0.6) is 34.5 Å². The van der Waals surface area contributed by atoms with Crippen molar-refractivity contribution in [3.05, 3.63) is 72.2 Å². The molecule has 11 heteroatoms. The molecule has 0 spiro atoms. The maximum atomic E-state index is 15.0. The van der Waals surface area contributed by atoms with Gasteiger partial charge < -0.3 is 29.0 Å². The molecule has 4 aromatic rings. The Bertz CT molecular complexity index is 1510. The molecule has 4 rings (SSSR count). The number of nitrogens with one attached hydrogen (secondary N) is 2. The largest absolute Gasteiger partial charge is 0.497 e. The van der Waals surface area contributed by atoms with E-state index in [0.29, 0.717) is 45.3 Å². The molecular formula is C27H24FN3O6S. The van der Waals surface area contributed by atoms with Gasteiger partial charge in [-0.25, -0.2) is 4.39 Å². The molecule has 0 bridgehead atoms. The molecule has 1 aromatic heterocycles. The summed E-state index contributed by atoms with van der Waals surface area (Å²) in [7, 11) is 6.00. The van der Waals surface area contributed by atoms with Crippen LogP contribution in [0.25, 0.3) is 10.9 Å². The van der Waals surface area contributed by atoms with E-state index in [-0.39, 0.29) is 16.4 Å². The van der Waals surface area contributed by atoms with Crippen LogP contribution >= 0.6 is 12.2 Å². The van der Waals surface area contributed by atoms with Crippen LogP contribution in [-0.4, -0.2) is 44.4 Å². The lowest BCUT2D eigenvalue weighted by Gasteiger charge is -2.14.